The number of carbonyl (C=O) groups is 1. The number of nitrogens with one attached hydrogen (secondary N) is 2. The molecule has 0 aromatic rings. The van der Waals surface area contributed by atoms with Crippen molar-refractivity contribution in [3.63, 3.8) is 0 Å². The number of piperidine rings is 1. The van der Waals surface area contributed by atoms with Gasteiger partial charge in [-0.05, 0) is 33.1 Å². The van der Waals surface area contributed by atoms with Gasteiger partial charge in [0.25, 0.3) is 0 Å². The maximum absolute atomic E-state index is 11.7. The lowest BCUT2D eigenvalue weighted by Gasteiger charge is -2.35. The van der Waals surface area contributed by atoms with Crippen LogP contribution in [0.4, 0.5) is 0 Å². The van der Waals surface area contributed by atoms with Crippen molar-refractivity contribution in [1.29, 1.82) is 0 Å². The number of rotatable bonds is 6. The van der Waals surface area contributed by atoms with E-state index in [1.807, 2.05) is 0 Å². The molecule has 1 aliphatic heterocycles. The van der Waals surface area contributed by atoms with Crippen LogP contribution in [-0.4, -0.2) is 74.0 Å². The second-order valence-corrected chi connectivity index (χ2v) is 6.43. The Morgan fingerprint density at radius 2 is 1.91 bits per heavy atom. The molecule has 0 aromatic heterocycles. The molecule has 0 radical (unpaired) electrons. The van der Waals surface area contributed by atoms with Gasteiger partial charge in [-0.25, -0.2) is 4.99 Å². The summed E-state index contributed by atoms with van der Waals surface area (Å²) in [6.45, 7) is 9.91. The van der Waals surface area contributed by atoms with Crippen LogP contribution in [0.25, 0.3) is 0 Å². The fraction of sp³-hybridized carbons (Fsp3) is 0.875. The van der Waals surface area contributed by atoms with E-state index in [1.165, 1.54) is 0 Å². The molecule has 0 aromatic carbocycles. The van der Waals surface area contributed by atoms with Gasteiger partial charge in [0.2, 0.25) is 5.91 Å². The Hall–Kier alpha value is -0.570. The Kier molecular flexibility index (Phi) is 11.6. The van der Waals surface area contributed by atoms with Gasteiger partial charge in [-0.2, -0.15) is 0 Å². The van der Waals surface area contributed by atoms with Crippen LogP contribution < -0.4 is 10.6 Å². The van der Waals surface area contributed by atoms with Crippen LogP contribution in [0.1, 0.15) is 40.0 Å². The number of hydrogen-bond donors (Lipinski definition) is 2. The minimum Gasteiger partial charge on any atom is -0.356 e. The zero-order chi connectivity index (χ0) is 16.5. The highest BCUT2D eigenvalue weighted by molar-refractivity contribution is 14.0. The molecule has 0 atom stereocenters. The molecule has 1 amide bonds. The zero-order valence-electron chi connectivity index (χ0n) is 15.3. The largest absolute Gasteiger partial charge is 0.356 e. The standard InChI is InChI=1S/C16H33N5O.HI/c1-6-9-17-16(18-12-15(22)20(4)5)19-14-7-10-21(11-8-14)13(2)3;/h13-14H,6-12H2,1-5H3,(H2,17,18,19);1H. The number of halogens is 1. The van der Waals surface area contributed by atoms with Gasteiger partial charge in [-0.1, -0.05) is 6.92 Å². The summed E-state index contributed by atoms with van der Waals surface area (Å²) in [6, 6.07) is 1.05. The van der Waals surface area contributed by atoms with Crippen molar-refractivity contribution in [1.82, 2.24) is 20.4 Å². The van der Waals surface area contributed by atoms with Gasteiger partial charge in [0, 0.05) is 45.8 Å². The Morgan fingerprint density at radius 3 is 2.39 bits per heavy atom. The van der Waals surface area contributed by atoms with Gasteiger partial charge >= 0.3 is 0 Å². The van der Waals surface area contributed by atoms with Crippen LogP contribution in [0.2, 0.25) is 0 Å². The number of aliphatic imine (C=N–C) groups is 1. The highest BCUT2D eigenvalue weighted by atomic mass is 127. The smallest absolute Gasteiger partial charge is 0.243 e. The molecule has 1 saturated heterocycles. The number of likely N-dealkylation sites (tertiary alicyclic amines) is 1. The monoisotopic (exact) mass is 439 g/mol. The van der Waals surface area contributed by atoms with Crippen molar-refractivity contribution in [2.24, 2.45) is 4.99 Å². The van der Waals surface area contributed by atoms with Crippen LogP contribution in [0.15, 0.2) is 4.99 Å². The molecule has 0 bridgehead atoms. The van der Waals surface area contributed by atoms with Crippen molar-refractivity contribution in [3.05, 3.63) is 0 Å². The second-order valence-electron chi connectivity index (χ2n) is 6.43. The summed E-state index contributed by atoms with van der Waals surface area (Å²) in [6.07, 6.45) is 3.27. The third-order valence-electron chi connectivity index (χ3n) is 4.01. The highest BCUT2D eigenvalue weighted by Gasteiger charge is 2.21. The Bertz CT molecular complexity index is 365. The molecule has 1 heterocycles. The number of amides is 1. The van der Waals surface area contributed by atoms with E-state index in [0.717, 1.165) is 44.9 Å². The van der Waals surface area contributed by atoms with Crippen molar-refractivity contribution >= 4 is 35.8 Å². The molecule has 6 nitrogen and oxygen atoms in total. The Balaban J connectivity index is 0.00000484. The number of likely N-dealkylation sites (N-methyl/N-ethyl adjacent to an activating group) is 1. The van der Waals surface area contributed by atoms with Gasteiger partial charge in [-0.15, -0.1) is 24.0 Å². The van der Waals surface area contributed by atoms with E-state index in [4.69, 9.17) is 0 Å². The first-order chi connectivity index (χ1) is 10.4. The minimum absolute atomic E-state index is 0. The van der Waals surface area contributed by atoms with Crippen LogP contribution in [0.5, 0.6) is 0 Å². The maximum Gasteiger partial charge on any atom is 0.243 e. The average Bonchev–Trinajstić information content (AvgIpc) is 2.49. The highest BCUT2D eigenvalue weighted by Crippen LogP contribution is 2.12. The van der Waals surface area contributed by atoms with E-state index in [2.05, 4.69) is 41.3 Å². The molecule has 7 heteroatoms. The van der Waals surface area contributed by atoms with Gasteiger partial charge in [0.05, 0.1) is 0 Å². The summed E-state index contributed by atoms with van der Waals surface area (Å²) in [5.74, 6) is 0.785. The van der Waals surface area contributed by atoms with Crippen molar-refractivity contribution in [2.45, 2.75) is 52.1 Å². The predicted molar refractivity (Wildman–Crippen MR) is 108 cm³/mol. The average molecular weight is 439 g/mol. The maximum atomic E-state index is 11.7. The van der Waals surface area contributed by atoms with E-state index >= 15 is 0 Å². The van der Waals surface area contributed by atoms with Crippen molar-refractivity contribution in [2.75, 3.05) is 40.3 Å². The molecule has 23 heavy (non-hydrogen) atoms. The summed E-state index contributed by atoms with van der Waals surface area (Å²) in [4.78, 5) is 20.2. The van der Waals surface area contributed by atoms with E-state index in [-0.39, 0.29) is 36.4 Å². The number of carbonyl (C=O) groups excluding carboxylic acids is 1. The van der Waals surface area contributed by atoms with E-state index < -0.39 is 0 Å². The third-order valence-corrected chi connectivity index (χ3v) is 4.01. The van der Waals surface area contributed by atoms with E-state index in [1.54, 1.807) is 19.0 Å². The SMILES string of the molecule is CCCNC(=NCC(=O)N(C)C)NC1CCN(C(C)C)CC1.I. The fourth-order valence-electron chi connectivity index (χ4n) is 2.44. The predicted octanol–water partition coefficient (Wildman–Crippen LogP) is 1.51. The summed E-state index contributed by atoms with van der Waals surface area (Å²) >= 11 is 0. The Labute approximate surface area is 158 Å². The van der Waals surface area contributed by atoms with E-state index in [9.17, 15) is 4.79 Å². The van der Waals surface area contributed by atoms with Crippen LogP contribution in [-0.2, 0) is 4.79 Å². The molecule has 136 valence electrons. The Morgan fingerprint density at radius 1 is 1.30 bits per heavy atom. The molecule has 0 unspecified atom stereocenters. The number of guanidine groups is 1. The molecule has 1 rings (SSSR count). The molecular formula is C16H34IN5O. The number of hydrogen-bond acceptors (Lipinski definition) is 3. The van der Waals surface area contributed by atoms with Crippen LogP contribution >= 0.6 is 24.0 Å². The first kappa shape index (κ1) is 22.4. The zero-order valence-corrected chi connectivity index (χ0v) is 17.6. The summed E-state index contributed by atoms with van der Waals surface area (Å²) in [5, 5.41) is 6.79. The van der Waals surface area contributed by atoms with Crippen LogP contribution in [0.3, 0.4) is 0 Å². The lowest BCUT2D eigenvalue weighted by Crippen LogP contribution is -2.50. The van der Waals surface area contributed by atoms with Crippen molar-refractivity contribution < 1.29 is 4.79 Å². The van der Waals surface area contributed by atoms with Crippen LogP contribution in [0, 0.1) is 0 Å². The van der Waals surface area contributed by atoms with Gasteiger partial charge in [-0.3, -0.25) is 4.79 Å². The molecule has 1 fully saturated rings. The van der Waals surface area contributed by atoms with Gasteiger partial charge < -0.3 is 20.4 Å². The molecular weight excluding hydrogens is 405 g/mol. The van der Waals surface area contributed by atoms with Gasteiger partial charge in [0.1, 0.15) is 6.54 Å². The summed E-state index contributed by atoms with van der Waals surface area (Å²) in [7, 11) is 3.51. The minimum atomic E-state index is 0. The lowest BCUT2D eigenvalue weighted by atomic mass is 10.0. The number of nitrogens with zero attached hydrogens (tertiary/aromatic N) is 3. The fourth-order valence-corrected chi connectivity index (χ4v) is 2.44. The third kappa shape index (κ3) is 8.74. The molecule has 2 N–H and O–H groups in total. The summed E-state index contributed by atoms with van der Waals surface area (Å²) in [5.41, 5.74) is 0. The molecule has 0 spiro atoms. The topological polar surface area (TPSA) is 60.0 Å². The van der Waals surface area contributed by atoms with Crippen molar-refractivity contribution in [3.8, 4) is 0 Å². The molecule has 0 saturated carbocycles. The lowest BCUT2D eigenvalue weighted by molar-refractivity contribution is -0.127. The summed E-state index contributed by atoms with van der Waals surface area (Å²) < 4.78 is 0. The van der Waals surface area contributed by atoms with Gasteiger partial charge in [0.15, 0.2) is 5.96 Å². The quantitative estimate of drug-likeness (QED) is 0.374. The van der Waals surface area contributed by atoms with E-state index in [0.29, 0.717) is 12.1 Å². The second kappa shape index (κ2) is 11.9. The normalized spacial score (nSPS) is 16.9. The first-order valence-corrected chi connectivity index (χ1v) is 8.43. The molecule has 0 aliphatic carbocycles. The first-order valence-electron chi connectivity index (χ1n) is 8.43. The molecule has 1 aliphatic rings.